The largest absolute Gasteiger partial charge is 0.372 e. The van der Waals surface area contributed by atoms with E-state index in [1.165, 1.54) is 0 Å². The number of hydrogen-bond acceptors (Lipinski definition) is 3. The summed E-state index contributed by atoms with van der Waals surface area (Å²) in [5, 5.41) is 8.71. The van der Waals surface area contributed by atoms with Crippen molar-refractivity contribution in [3.63, 3.8) is 0 Å². The molecule has 6 nitrogen and oxygen atoms in total. The molecule has 3 rings (SSSR count). The van der Waals surface area contributed by atoms with Crippen molar-refractivity contribution >= 4 is 23.2 Å². The van der Waals surface area contributed by atoms with Gasteiger partial charge in [-0.3, -0.25) is 9.59 Å². The molecule has 0 spiro atoms. The van der Waals surface area contributed by atoms with E-state index in [0.29, 0.717) is 6.54 Å². The Morgan fingerprint density at radius 1 is 1.18 bits per heavy atom. The van der Waals surface area contributed by atoms with Crippen LogP contribution >= 0.6 is 0 Å². The van der Waals surface area contributed by atoms with Crippen LogP contribution in [0.4, 0.5) is 11.4 Å². The normalized spacial score (nSPS) is 16.2. The maximum absolute atomic E-state index is 12.0. The Labute approximate surface area is 127 Å². The third kappa shape index (κ3) is 3.22. The smallest absolute Gasteiger partial charge is 0.247 e. The zero-order valence-electron chi connectivity index (χ0n) is 11.9. The van der Waals surface area contributed by atoms with Gasteiger partial charge in [-0.15, -0.1) is 0 Å². The molecule has 0 bridgehead atoms. The van der Waals surface area contributed by atoms with E-state index in [0.717, 1.165) is 16.9 Å². The number of pyridine rings is 1. The number of aromatic nitrogens is 1. The van der Waals surface area contributed by atoms with Crippen molar-refractivity contribution in [1.29, 1.82) is 0 Å². The number of fused-ring (bicyclic) bond motifs is 1. The Balaban J connectivity index is 1.57. The second kappa shape index (κ2) is 6.26. The predicted octanol–water partition coefficient (Wildman–Crippen LogP) is 0.940. The Hall–Kier alpha value is -2.89. The summed E-state index contributed by atoms with van der Waals surface area (Å²) < 4.78 is 0. The molecule has 1 aliphatic heterocycles. The molecule has 0 fully saturated rings. The average molecular weight is 297 g/mol. The molecule has 1 aromatic heterocycles. The van der Waals surface area contributed by atoms with E-state index in [4.69, 9.17) is 0 Å². The first-order valence-corrected chi connectivity index (χ1v) is 7.10. The number of para-hydroxylation sites is 2. The van der Waals surface area contributed by atoms with Gasteiger partial charge in [0.2, 0.25) is 11.8 Å². The highest BCUT2D eigenvalue weighted by Gasteiger charge is 2.27. The van der Waals surface area contributed by atoms with Crippen LogP contribution in [0.1, 0.15) is 12.0 Å². The molecule has 2 amide bonds. The lowest BCUT2D eigenvalue weighted by Crippen LogP contribution is -2.42. The fraction of sp³-hybridized carbons (Fsp3) is 0.188. The predicted molar refractivity (Wildman–Crippen MR) is 81.9 cm³/mol. The van der Waals surface area contributed by atoms with Gasteiger partial charge in [0.1, 0.15) is 6.04 Å². The number of anilines is 2. The second-order valence-corrected chi connectivity index (χ2v) is 5.12. The molecule has 0 radical (unpaired) electrons. The number of benzene rings is 1. The summed E-state index contributed by atoms with van der Waals surface area (Å²) in [6, 6.07) is 10.7. The fourth-order valence-corrected chi connectivity index (χ4v) is 2.33. The van der Waals surface area contributed by atoms with Crippen LogP contribution < -0.4 is 20.9 Å². The summed E-state index contributed by atoms with van der Waals surface area (Å²) in [6.45, 7) is 0.432. The number of hydrogen-bond donors (Lipinski definition) is 3. The SMILES string of the molecule is O=C(CC1Nc2ccccc2NC1=O)NCc1ccc[nH+]c1. The molecular weight excluding hydrogens is 280 g/mol. The lowest BCUT2D eigenvalue weighted by atomic mass is 10.1. The van der Waals surface area contributed by atoms with Crippen LogP contribution in [0.2, 0.25) is 0 Å². The minimum absolute atomic E-state index is 0.0940. The summed E-state index contributed by atoms with van der Waals surface area (Å²) in [5.74, 6) is -0.363. The number of amides is 2. The number of H-pyrrole nitrogens is 1. The first-order valence-electron chi connectivity index (χ1n) is 7.10. The minimum atomic E-state index is -0.558. The number of carbonyl (C=O) groups is 2. The number of carbonyl (C=O) groups excluding carboxylic acids is 2. The summed E-state index contributed by atoms with van der Waals surface area (Å²) in [5.41, 5.74) is 2.55. The van der Waals surface area contributed by atoms with E-state index in [1.54, 1.807) is 6.20 Å². The number of nitrogens with one attached hydrogen (secondary N) is 4. The summed E-state index contributed by atoms with van der Waals surface area (Å²) in [4.78, 5) is 27.0. The highest BCUT2D eigenvalue weighted by Crippen LogP contribution is 2.26. The van der Waals surface area contributed by atoms with Crippen LogP contribution in [-0.2, 0) is 16.1 Å². The lowest BCUT2D eigenvalue weighted by Gasteiger charge is -2.26. The van der Waals surface area contributed by atoms with Crippen LogP contribution in [0.5, 0.6) is 0 Å². The second-order valence-electron chi connectivity index (χ2n) is 5.12. The van der Waals surface area contributed by atoms with Gasteiger partial charge < -0.3 is 16.0 Å². The van der Waals surface area contributed by atoms with Gasteiger partial charge in [0, 0.05) is 18.2 Å². The Morgan fingerprint density at radius 3 is 2.77 bits per heavy atom. The summed E-state index contributed by atoms with van der Waals surface area (Å²) in [6.07, 6.45) is 3.72. The molecule has 0 saturated heterocycles. The molecule has 6 heteroatoms. The maximum atomic E-state index is 12.0. The zero-order valence-corrected chi connectivity index (χ0v) is 11.9. The molecule has 0 saturated carbocycles. The zero-order chi connectivity index (χ0) is 15.4. The van der Waals surface area contributed by atoms with Crippen molar-refractivity contribution in [3.8, 4) is 0 Å². The van der Waals surface area contributed by atoms with Gasteiger partial charge in [-0.2, -0.15) is 0 Å². The van der Waals surface area contributed by atoms with Crippen molar-refractivity contribution < 1.29 is 14.6 Å². The van der Waals surface area contributed by atoms with Crippen LogP contribution in [-0.4, -0.2) is 17.9 Å². The van der Waals surface area contributed by atoms with Crippen molar-refractivity contribution in [2.24, 2.45) is 0 Å². The van der Waals surface area contributed by atoms with Gasteiger partial charge in [-0.1, -0.05) is 12.1 Å². The molecule has 112 valence electrons. The first-order chi connectivity index (χ1) is 10.7. The molecule has 2 aromatic rings. The van der Waals surface area contributed by atoms with Crippen molar-refractivity contribution in [3.05, 3.63) is 54.4 Å². The van der Waals surface area contributed by atoms with Gasteiger partial charge in [-0.05, 0) is 18.2 Å². The van der Waals surface area contributed by atoms with Crippen molar-refractivity contribution in [2.75, 3.05) is 10.6 Å². The lowest BCUT2D eigenvalue weighted by molar-refractivity contribution is -0.378. The van der Waals surface area contributed by atoms with Gasteiger partial charge in [0.05, 0.1) is 17.8 Å². The number of aromatic amines is 1. The monoisotopic (exact) mass is 297 g/mol. The Morgan fingerprint density at radius 2 is 2.00 bits per heavy atom. The van der Waals surface area contributed by atoms with E-state index in [9.17, 15) is 9.59 Å². The van der Waals surface area contributed by atoms with Gasteiger partial charge in [0.15, 0.2) is 12.4 Å². The number of rotatable bonds is 4. The minimum Gasteiger partial charge on any atom is -0.372 e. The third-order valence-electron chi connectivity index (χ3n) is 3.48. The first kappa shape index (κ1) is 14.1. The molecule has 2 heterocycles. The maximum Gasteiger partial charge on any atom is 0.247 e. The molecule has 1 unspecified atom stereocenters. The molecule has 1 atom stereocenters. The molecule has 1 aromatic carbocycles. The highest BCUT2D eigenvalue weighted by molar-refractivity contribution is 6.04. The van der Waals surface area contributed by atoms with Gasteiger partial charge in [0.25, 0.3) is 0 Å². The molecule has 1 aliphatic rings. The third-order valence-corrected chi connectivity index (χ3v) is 3.48. The van der Waals surface area contributed by atoms with Gasteiger partial charge in [-0.25, -0.2) is 4.98 Å². The highest BCUT2D eigenvalue weighted by atomic mass is 16.2. The molecule has 22 heavy (non-hydrogen) atoms. The van der Waals surface area contributed by atoms with E-state index in [-0.39, 0.29) is 18.2 Å². The molecular formula is C16H17N4O2+. The Bertz CT molecular complexity index is 688. The molecule has 4 N–H and O–H groups in total. The van der Waals surface area contributed by atoms with E-state index in [1.807, 2.05) is 42.6 Å². The van der Waals surface area contributed by atoms with Crippen LogP contribution in [0.25, 0.3) is 0 Å². The van der Waals surface area contributed by atoms with Crippen LogP contribution in [0, 0.1) is 0 Å². The molecule has 0 aliphatic carbocycles. The van der Waals surface area contributed by atoms with E-state index < -0.39 is 6.04 Å². The summed E-state index contributed by atoms with van der Waals surface area (Å²) in [7, 11) is 0. The fourth-order valence-electron chi connectivity index (χ4n) is 2.33. The Kier molecular flexibility index (Phi) is 4.00. The summed E-state index contributed by atoms with van der Waals surface area (Å²) >= 11 is 0. The quantitative estimate of drug-likeness (QED) is 0.785. The topological polar surface area (TPSA) is 84.4 Å². The average Bonchev–Trinajstić information content (AvgIpc) is 2.55. The van der Waals surface area contributed by atoms with Crippen molar-refractivity contribution in [2.45, 2.75) is 19.0 Å². The van der Waals surface area contributed by atoms with Crippen molar-refractivity contribution in [1.82, 2.24) is 5.32 Å². The van der Waals surface area contributed by atoms with Crippen LogP contribution in [0.3, 0.4) is 0 Å². The van der Waals surface area contributed by atoms with E-state index >= 15 is 0 Å². The standard InChI is InChI=1S/C16H16N4O2/c21-15(18-10-11-4-3-7-17-9-11)8-14-16(22)20-13-6-2-1-5-12(13)19-14/h1-7,9,14,19H,8,10H2,(H,18,21)(H,20,22)/p+1. The van der Waals surface area contributed by atoms with E-state index in [2.05, 4.69) is 20.9 Å². The van der Waals surface area contributed by atoms with Gasteiger partial charge >= 0.3 is 0 Å². The van der Waals surface area contributed by atoms with Crippen LogP contribution in [0.15, 0.2) is 48.8 Å².